The van der Waals surface area contributed by atoms with Gasteiger partial charge in [-0.2, -0.15) is 0 Å². The largest absolute Gasteiger partial charge is 0.374 e. The van der Waals surface area contributed by atoms with Gasteiger partial charge < -0.3 is 10.2 Å². The molecular formula is C19H23N3O3S. The van der Waals surface area contributed by atoms with E-state index in [1.54, 1.807) is 24.3 Å². The van der Waals surface area contributed by atoms with Crippen molar-refractivity contribution < 1.29 is 13.2 Å². The molecule has 0 saturated heterocycles. The lowest BCUT2D eigenvalue weighted by molar-refractivity contribution is -0.119. The average Bonchev–Trinajstić information content (AvgIpc) is 2.88. The summed E-state index contributed by atoms with van der Waals surface area (Å²) in [6.45, 7) is 3.86. The van der Waals surface area contributed by atoms with Crippen molar-refractivity contribution in [2.45, 2.75) is 32.4 Å². The first-order valence-corrected chi connectivity index (χ1v) is 10.4. The molecule has 0 unspecified atom stereocenters. The van der Waals surface area contributed by atoms with Gasteiger partial charge in [0.1, 0.15) is 6.04 Å². The highest BCUT2D eigenvalue weighted by molar-refractivity contribution is 7.92. The summed E-state index contributed by atoms with van der Waals surface area (Å²) in [6.07, 6.45) is 1.95. The first kappa shape index (κ1) is 18.3. The topological polar surface area (TPSA) is 78.5 Å². The van der Waals surface area contributed by atoms with E-state index in [0.29, 0.717) is 11.4 Å². The zero-order valence-electron chi connectivity index (χ0n) is 15.1. The number of nitrogens with one attached hydrogen (secondary N) is 2. The van der Waals surface area contributed by atoms with Gasteiger partial charge in [0.05, 0.1) is 11.9 Å². The molecule has 3 rings (SSSR count). The van der Waals surface area contributed by atoms with Crippen molar-refractivity contribution in [1.29, 1.82) is 0 Å². The molecule has 1 aliphatic heterocycles. The van der Waals surface area contributed by atoms with Crippen LogP contribution in [0.15, 0.2) is 48.5 Å². The number of carbonyl (C=O) groups excluding carboxylic acids is 1. The lowest BCUT2D eigenvalue weighted by atomic mass is 10.1. The molecule has 2 N–H and O–H groups in total. The highest BCUT2D eigenvalue weighted by atomic mass is 32.2. The number of nitrogens with zero attached hydrogens (tertiary/aromatic N) is 1. The van der Waals surface area contributed by atoms with Gasteiger partial charge in [-0.05, 0) is 50.1 Å². The van der Waals surface area contributed by atoms with Crippen LogP contribution in [-0.2, 0) is 21.2 Å². The standard InChI is InChI=1S/C19H23N3O3S/c1-13-11-15-7-4-5-10-18(15)22(13)19(23)14(2)20-16-8-6-9-17(12-16)21-26(3,24)25/h4-10,12-14,20-21H,11H2,1-3H3/t13-,14-/m1/s1. The van der Waals surface area contributed by atoms with E-state index in [1.807, 2.05) is 36.9 Å². The Morgan fingerprint density at radius 3 is 2.58 bits per heavy atom. The smallest absolute Gasteiger partial charge is 0.249 e. The first-order chi connectivity index (χ1) is 12.2. The molecule has 2 aromatic rings. The number of rotatable bonds is 5. The lowest BCUT2D eigenvalue weighted by Crippen LogP contribution is -2.44. The zero-order valence-corrected chi connectivity index (χ0v) is 15.9. The van der Waals surface area contributed by atoms with E-state index in [4.69, 9.17) is 0 Å². The fourth-order valence-corrected chi connectivity index (χ4v) is 3.86. The van der Waals surface area contributed by atoms with Gasteiger partial charge in [0, 0.05) is 17.4 Å². The van der Waals surface area contributed by atoms with E-state index in [0.717, 1.165) is 18.4 Å². The summed E-state index contributed by atoms with van der Waals surface area (Å²) in [4.78, 5) is 14.8. The molecule has 1 heterocycles. The van der Waals surface area contributed by atoms with Crippen molar-refractivity contribution in [3.63, 3.8) is 0 Å². The Morgan fingerprint density at radius 2 is 1.85 bits per heavy atom. The van der Waals surface area contributed by atoms with E-state index in [1.165, 1.54) is 5.56 Å². The zero-order chi connectivity index (χ0) is 18.9. The third kappa shape index (κ3) is 3.99. The number of benzene rings is 2. The number of fused-ring (bicyclic) bond motifs is 1. The minimum atomic E-state index is -3.35. The molecule has 1 amide bonds. The Balaban J connectivity index is 1.75. The first-order valence-electron chi connectivity index (χ1n) is 8.50. The maximum Gasteiger partial charge on any atom is 0.249 e. The van der Waals surface area contributed by atoms with Gasteiger partial charge in [-0.3, -0.25) is 9.52 Å². The SMILES string of the molecule is C[C@@H]1Cc2ccccc2N1C(=O)[C@@H](C)Nc1cccc(NS(C)(=O)=O)c1. The molecular weight excluding hydrogens is 350 g/mol. The molecule has 2 atom stereocenters. The van der Waals surface area contributed by atoms with Crippen LogP contribution in [0, 0.1) is 0 Å². The number of carbonyl (C=O) groups is 1. The maximum atomic E-state index is 13.0. The number of hydrogen-bond donors (Lipinski definition) is 2. The van der Waals surface area contributed by atoms with Crippen LogP contribution >= 0.6 is 0 Å². The molecule has 6 nitrogen and oxygen atoms in total. The molecule has 0 spiro atoms. The fourth-order valence-electron chi connectivity index (χ4n) is 3.31. The van der Waals surface area contributed by atoms with Crippen LogP contribution in [-0.4, -0.2) is 32.7 Å². The molecule has 26 heavy (non-hydrogen) atoms. The molecule has 0 bridgehead atoms. The highest BCUT2D eigenvalue weighted by Gasteiger charge is 2.32. The number of para-hydroxylation sites is 1. The van der Waals surface area contributed by atoms with Gasteiger partial charge >= 0.3 is 0 Å². The molecule has 0 aliphatic carbocycles. The summed E-state index contributed by atoms with van der Waals surface area (Å²) in [7, 11) is -3.35. The Kier molecular flexibility index (Phi) is 4.91. The Morgan fingerprint density at radius 1 is 1.15 bits per heavy atom. The Hall–Kier alpha value is -2.54. The summed E-state index contributed by atoms with van der Waals surface area (Å²) < 4.78 is 25.2. The number of sulfonamides is 1. The molecule has 0 radical (unpaired) electrons. The van der Waals surface area contributed by atoms with Crippen molar-refractivity contribution in [2.24, 2.45) is 0 Å². The van der Waals surface area contributed by atoms with Crippen molar-refractivity contribution in [3.05, 3.63) is 54.1 Å². The van der Waals surface area contributed by atoms with Crippen LogP contribution < -0.4 is 14.9 Å². The predicted molar refractivity (Wildman–Crippen MR) is 105 cm³/mol. The second-order valence-corrected chi connectivity index (χ2v) is 8.46. The second-order valence-electron chi connectivity index (χ2n) is 6.71. The Labute approximate surface area is 154 Å². The van der Waals surface area contributed by atoms with Crippen molar-refractivity contribution >= 4 is 33.0 Å². The van der Waals surface area contributed by atoms with Crippen molar-refractivity contribution in [3.8, 4) is 0 Å². The van der Waals surface area contributed by atoms with Crippen LogP contribution in [0.25, 0.3) is 0 Å². The van der Waals surface area contributed by atoms with Crippen LogP contribution in [0.1, 0.15) is 19.4 Å². The van der Waals surface area contributed by atoms with Crippen LogP contribution in [0.4, 0.5) is 17.1 Å². The van der Waals surface area contributed by atoms with Gasteiger partial charge in [-0.1, -0.05) is 24.3 Å². The minimum Gasteiger partial charge on any atom is -0.374 e. The van der Waals surface area contributed by atoms with Gasteiger partial charge in [0.25, 0.3) is 0 Å². The lowest BCUT2D eigenvalue weighted by Gasteiger charge is -2.27. The van der Waals surface area contributed by atoms with Gasteiger partial charge in [0.15, 0.2) is 0 Å². The summed E-state index contributed by atoms with van der Waals surface area (Å²) in [5.41, 5.74) is 3.28. The number of anilines is 3. The predicted octanol–water partition coefficient (Wildman–Crippen LogP) is 2.84. The molecule has 7 heteroatoms. The number of amides is 1. The van der Waals surface area contributed by atoms with E-state index in [-0.39, 0.29) is 11.9 Å². The van der Waals surface area contributed by atoms with E-state index in [2.05, 4.69) is 16.1 Å². The highest BCUT2D eigenvalue weighted by Crippen LogP contribution is 2.32. The summed E-state index contributed by atoms with van der Waals surface area (Å²) in [5.74, 6) is -0.0103. The maximum absolute atomic E-state index is 13.0. The third-order valence-corrected chi connectivity index (χ3v) is 4.97. The normalized spacial score (nSPS) is 17.5. The Bertz CT molecular complexity index is 927. The minimum absolute atomic E-state index is 0.0103. The van der Waals surface area contributed by atoms with E-state index >= 15 is 0 Å². The summed E-state index contributed by atoms with van der Waals surface area (Å²) in [5, 5.41) is 3.17. The molecule has 0 aromatic heterocycles. The summed E-state index contributed by atoms with van der Waals surface area (Å²) >= 11 is 0. The molecule has 138 valence electrons. The van der Waals surface area contributed by atoms with Crippen molar-refractivity contribution in [2.75, 3.05) is 21.2 Å². The van der Waals surface area contributed by atoms with Crippen LogP contribution in [0.5, 0.6) is 0 Å². The fraction of sp³-hybridized carbons (Fsp3) is 0.316. The molecule has 0 saturated carbocycles. The average molecular weight is 373 g/mol. The molecule has 0 fully saturated rings. The van der Waals surface area contributed by atoms with E-state index in [9.17, 15) is 13.2 Å². The van der Waals surface area contributed by atoms with Gasteiger partial charge in [-0.15, -0.1) is 0 Å². The molecule has 1 aliphatic rings. The molecule has 2 aromatic carbocycles. The van der Waals surface area contributed by atoms with Crippen LogP contribution in [0.2, 0.25) is 0 Å². The number of hydrogen-bond acceptors (Lipinski definition) is 4. The quantitative estimate of drug-likeness (QED) is 0.845. The third-order valence-electron chi connectivity index (χ3n) is 4.36. The van der Waals surface area contributed by atoms with Crippen molar-refractivity contribution in [1.82, 2.24) is 0 Å². The van der Waals surface area contributed by atoms with Crippen LogP contribution in [0.3, 0.4) is 0 Å². The summed E-state index contributed by atoms with van der Waals surface area (Å²) in [6, 6.07) is 14.5. The van der Waals surface area contributed by atoms with E-state index < -0.39 is 16.1 Å². The second kappa shape index (κ2) is 6.99. The monoisotopic (exact) mass is 373 g/mol. The van der Waals surface area contributed by atoms with Gasteiger partial charge in [0.2, 0.25) is 15.9 Å². The van der Waals surface area contributed by atoms with Gasteiger partial charge in [-0.25, -0.2) is 8.42 Å².